The molecule has 1 aromatic rings. The maximum Gasteiger partial charge on any atom is 0.0948 e. The monoisotopic (exact) mass is 265 g/mol. The Labute approximate surface area is 114 Å². The van der Waals surface area contributed by atoms with Gasteiger partial charge in [-0.05, 0) is 32.1 Å². The second-order valence-corrected chi connectivity index (χ2v) is 7.41. The number of nitrogens with zero attached hydrogens (tertiary/aromatic N) is 2. The molecule has 4 heteroatoms. The molecule has 18 heavy (non-hydrogen) atoms. The van der Waals surface area contributed by atoms with E-state index >= 15 is 0 Å². The third-order valence-corrected chi connectivity index (χ3v) is 6.26. The lowest BCUT2D eigenvalue weighted by Crippen LogP contribution is -2.39. The molecule has 0 amide bonds. The fourth-order valence-corrected chi connectivity index (χ4v) is 4.26. The SMILES string of the molecule is CSC1(Cn2cncc2C2(C)CCNC2)CCC1. The summed E-state index contributed by atoms with van der Waals surface area (Å²) in [5.74, 6) is 0. The highest BCUT2D eigenvalue weighted by molar-refractivity contribution is 8.00. The second-order valence-electron chi connectivity index (χ2n) is 6.13. The minimum Gasteiger partial charge on any atom is -0.333 e. The van der Waals surface area contributed by atoms with Crippen molar-refractivity contribution < 1.29 is 0 Å². The van der Waals surface area contributed by atoms with Crippen molar-refractivity contribution >= 4 is 11.8 Å². The van der Waals surface area contributed by atoms with Crippen molar-refractivity contribution in [2.45, 2.75) is 49.3 Å². The Kier molecular flexibility index (Phi) is 3.18. The zero-order valence-electron chi connectivity index (χ0n) is 11.4. The summed E-state index contributed by atoms with van der Waals surface area (Å²) in [6, 6.07) is 0. The van der Waals surface area contributed by atoms with Crippen LogP contribution in [0.1, 0.15) is 38.3 Å². The number of aromatic nitrogens is 2. The highest BCUT2D eigenvalue weighted by Crippen LogP contribution is 2.44. The van der Waals surface area contributed by atoms with Crippen LogP contribution in [-0.4, -0.2) is 33.6 Å². The largest absolute Gasteiger partial charge is 0.333 e. The molecule has 3 nitrogen and oxygen atoms in total. The van der Waals surface area contributed by atoms with E-state index in [1.165, 1.54) is 31.4 Å². The lowest BCUT2D eigenvalue weighted by molar-refractivity contribution is 0.311. The molecular formula is C14H23N3S. The number of hydrogen-bond donors (Lipinski definition) is 1. The Hall–Kier alpha value is -0.480. The summed E-state index contributed by atoms with van der Waals surface area (Å²) in [5, 5.41) is 3.49. The Morgan fingerprint density at radius 1 is 1.44 bits per heavy atom. The van der Waals surface area contributed by atoms with Gasteiger partial charge in [0.15, 0.2) is 0 Å². The summed E-state index contributed by atoms with van der Waals surface area (Å²) in [7, 11) is 0. The number of rotatable bonds is 4. The molecule has 1 aliphatic heterocycles. The predicted octanol–water partition coefficient (Wildman–Crippen LogP) is 2.42. The minimum absolute atomic E-state index is 0.278. The maximum atomic E-state index is 4.41. The molecule has 1 aliphatic carbocycles. The first-order valence-corrected chi connectivity index (χ1v) is 8.17. The van der Waals surface area contributed by atoms with Crippen LogP contribution in [0.2, 0.25) is 0 Å². The van der Waals surface area contributed by atoms with Gasteiger partial charge in [-0.15, -0.1) is 0 Å². The van der Waals surface area contributed by atoms with Crippen molar-refractivity contribution in [2.75, 3.05) is 19.3 Å². The van der Waals surface area contributed by atoms with E-state index in [0.717, 1.165) is 19.6 Å². The van der Waals surface area contributed by atoms with Gasteiger partial charge >= 0.3 is 0 Å². The van der Waals surface area contributed by atoms with Crippen LogP contribution in [0.5, 0.6) is 0 Å². The number of thioether (sulfide) groups is 1. The van der Waals surface area contributed by atoms with Gasteiger partial charge in [-0.2, -0.15) is 11.8 Å². The molecular weight excluding hydrogens is 242 g/mol. The zero-order valence-corrected chi connectivity index (χ0v) is 12.2. The average Bonchev–Trinajstić information content (AvgIpc) is 2.93. The fourth-order valence-electron chi connectivity index (χ4n) is 3.29. The lowest BCUT2D eigenvalue weighted by Gasteiger charge is -2.41. The molecule has 0 aromatic carbocycles. The molecule has 1 aromatic heterocycles. The van der Waals surface area contributed by atoms with Gasteiger partial charge in [0.25, 0.3) is 0 Å². The van der Waals surface area contributed by atoms with Crippen LogP contribution in [0.15, 0.2) is 12.5 Å². The van der Waals surface area contributed by atoms with Crippen LogP contribution in [0.3, 0.4) is 0 Å². The third kappa shape index (κ3) is 1.99. The van der Waals surface area contributed by atoms with Crippen molar-refractivity contribution in [1.82, 2.24) is 14.9 Å². The van der Waals surface area contributed by atoms with E-state index in [1.807, 2.05) is 18.1 Å². The first-order valence-electron chi connectivity index (χ1n) is 6.94. The van der Waals surface area contributed by atoms with Crippen LogP contribution in [0.4, 0.5) is 0 Å². The van der Waals surface area contributed by atoms with Gasteiger partial charge < -0.3 is 9.88 Å². The molecule has 2 aliphatic rings. The first-order chi connectivity index (χ1) is 8.68. The second kappa shape index (κ2) is 4.57. The minimum atomic E-state index is 0.278. The van der Waals surface area contributed by atoms with Gasteiger partial charge in [-0.25, -0.2) is 4.98 Å². The Bertz CT molecular complexity index is 411. The van der Waals surface area contributed by atoms with E-state index in [2.05, 4.69) is 34.2 Å². The van der Waals surface area contributed by atoms with Crippen molar-refractivity contribution in [3.05, 3.63) is 18.2 Å². The van der Waals surface area contributed by atoms with Crippen molar-refractivity contribution in [3.63, 3.8) is 0 Å². The van der Waals surface area contributed by atoms with Gasteiger partial charge in [0, 0.05) is 35.1 Å². The molecule has 2 fully saturated rings. The van der Waals surface area contributed by atoms with Crippen LogP contribution < -0.4 is 5.32 Å². The van der Waals surface area contributed by atoms with E-state index in [1.54, 1.807) is 0 Å². The highest BCUT2D eigenvalue weighted by atomic mass is 32.2. The zero-order chi connectivity index (χ0) is 12.6. The predicted molar refractivity (Wildman–Crippen MR) is 77.2 cm³/mol. The Morgan fingerprint density at radius 2 is 2.28 bits per heavy atom. The number of imidazole rings is 1. The van der Waals surface area contributed by atoms with E-state index in [-0.39, 0.29) is 5.41 Å². The normalized spacial score (nSPS) is 30.3. The van der Waals surface area contributed by atoms with Gasteiger partial charge in [0.05, 0.1) is 6.33 Å². The van der Waals surface area contributed by atoms with Crippen molar-refractivity contribution in [1.29, 1.82) is 0 Å². The highest BCUT2D eigenvalue weighted by Gasteiger charge is 2.39. The Balaban J connectivity index is 1.83. The molecule has 1 saturated heterocycles. The van der Waals surface area contributed by atoms with Crippen LogP contribution >= 0.6 is 11.8 Å². The third-order valence-electron chi connectivity index (χ3n) is 4.86. The molecule has 0 spiro atoms. The van der Waals surface area contributed by atoms with E-state index in [0.29, 0.717) is 4.75 Å². The molecule has 1 saturated carbocycles. The maximum absolute atomic E-state index is 4.41. The summed E-state index contributed by atoms with van der Waals surface area (Å²) in [5.41, 5.74) is 1.70. The molecule has 100 valence electrons. The summed E-state index contributed by atoms with van der Waals surface area (Å²) in [6.07, 6.45) is 11.7. The molecule has 2 heterocycles. The fraction of sp³-hybridized carbons (Fsp3) is 0.786. The van der Waals surface area contributed by atoms with Crippen LogP contribution in [-0.2, 0) is 12.0 Å². The van der Waals surface area contributed by atoms with Crippen LogP contribution in [0, 0.1) is 0 Å². The summed E-state index contributed by atoms with van der Waals surface area (Å²) < 4.78 is 2.90. The van der Waals surface area contributed by atoms with Gasteiger partial charge in [-0.3, -0.25) is 0 Å². The van der Waals surface area contributed by atoms with E-state index in [4.69, 9.17) is 0 Å². The quantitative estimate of drug-likeness (QED) is 0.907. The van der Waals surface area contributed by atoms with E-state index < -0.39 is 0 Å². The molecule has 3 rings (SSSR count). The smallest absolute Gasteiger partial charge is 0.0948 e. The van der Waals surface area contributed by atoms with Gasteiger partial charge in [0.2, 0.25) is 0 Å². The van der Waals surface area contributed by atoms with Gasteiger partial charge in [-0.1, -0.05) is 13.3 Å². The van der Waals surface area contributed by atoms with Gasteiger partial charge in [0.1, 0.15) is 0 Å². The van der Waals surface area contributed by atoms with Crippen LogP contribution in [0.25, 0.3) is 0 Å². The molecule has 1 atom stereocenters. The average molecular weight is 265 g/mol. The molecule has 1 N–H and O–H groups in total. The van der Waals surface area contributed by atoms with Crippen molar-refractivity contribution in [2.24, 2.45) is 0 Å². The summed E-state index contributed by atoms with van der Waals surface area (Å²) >= 11 is 2.04. The van der Waals surface area contributed by atoms with E-state index in [9.17, 15) is 0 Å². The summed E-state index contributed by atoms with van der Waals surface area (Å²) in [6.45, 7) is 5.73. The number of hydrogen-bond acceptors (Lipinski definition) is 3. The first kappa shape index (κ1) is 12.5. The Morgan fingerprint density at radius 3 is 2.83 bits per heavy atom. The molecule has 0 bridgehead atoms. The lowest BCUT2D eigenvalue weighted by atomic mass is 9.82. The topological polar surface area (TPSA) is 29.9 Å². The number of nitrogens with one attached hydrogen (secondary N) is 1. The molecule has 1 unspecified atom stereocenters. The van der Waals surface area contributed by atoms with Crippen molar-refractivity contribution in [3.8, 4) is 0 Å². The summed E-state index contributed by atoms with van der Waals surface area (Å²) in [4.78, 5) is 4.41. The molecule has 0 radical (unpaired) electrons. The standard InChI is InChI=1S/C14H23N3S/c1-13(6-7-15-9-13)12-8-16-11-17(12)10-14(18-2)4-3-5-14/h8,11,15H,3-7,9-10H2,1-2H3.